The second kappa shape index (κ2) is 6.97. The predicted molar refractivity (Wildman–Crippen MR) is 57.9 cm³/mol. The maximum Gasteiger partial charge on any atom is 0.522 e. The van der Waals surface area contributed by atoms with Crippen molar-refractivity contribution in [2.75, 3.05) is 19.8 Å². The number of ether oxygens (including phenoxy) is 2. The molecule has 0 aromatic heterocycles. The average Bonchev–Trinajstić information content (AvgIpc) is 2.30. The number of hydrogen-bond donors (Lipinski definition) is 1. The molecule has 0 spiro atoms. The lowest BCUT2D eigenvalue weighted by Crippen LogP contribution is -2.18. The molecule has 0 aliphatic heterocycles. The van der Waals surface area contributed by atoms with Crippen LogP contribution in [0.4, 0.5) is 17.6 Å². The summed E-state index contributed by atoms with van der Waals surface area (Å²) < 4.78 is 56.5. The SMILES string of the molecule is OCC#Cc1cc(F)cc(OCCOC(F)(F)F)c1. The van der Waals surface area contributed by atoms with Gasteiger partial charge in [0.1, 0.15) is 24.8 Å². The molecule has 1 N–H and O–H groups in total. The lowest BCUT2D eigenvalue weighted by Gasteiger charge is -2.09. The van der Waals surface area contributed by atoms with Gasteiger partial charge >= 0.3 is 6.36 Å². The van der Waals surface area contributed by atoms with Crippen molar-refractivity contribution in [3.05, 3.63) is 29.6 Å². The Morgan fingerprint density at radius 3 is 2.53 bits per heavy atom. The van der Waals surface area contributed by atoms with Crippen molar-refractivity contribution in [3.8, 4) is 17.6 Å². The van der Waals surface area contributed by atoms with Gasteiger partial charge in [-0.3, -0.25) is 4.74 Å². The van der Waals surface area contributed by atoms with E-state index in [4.69, 9.17) is 9.84 Å². The van der Waals surface area contributed by atoms with Gasteiger partial charge in [0, 0.05) is 11.6 Å². The van der Waals surface area contributed by atoms with Gasteiger partial charge in [-0.1, -0.05) is 11.8 Å². The fourth-order valence-corrected chi connectivity index (χ4v) is 1.18. The van der Waals surface area contributed by atoms with Crippen molar-refractivity contribution < 1.29 is 32.1 Å². The van der Waals surface area contributed by atoms with Crippen molar-refractivity contribution >= 4 is 0 Å². The molecule has 104 valence electrons. The summed E-state index contributed by atoms with van der Waals surface area (Å²) in [5.41, 5.74) is 0.251. The summed E-state index contributed by atoms with van der Waals surface area (Å²) in [5.74, 6) is 4.17. The maximum atomic E-state index is 13.1. The van der Waals surface area contributed by atoms with E-state index >= 15 is 0 Å². The highest BCUT2D eigenvalue weighted by Crippen LogP contribution is 2.18. The van der Waals surface area contributed by atoms with Gasteiger partial charge in [0.05, 0.1) is 6.61 Å². The van der Waals surface area contributed by atoms with E-state index < -0.39 is 18.8 Å². The number of aliphatic hydroxyl groups is 1. The lowest BCUT2D eigenvalue weighted by molar-refractivity contribution is -0.325. The number of benzene rings is 1. The summed E-state index contributed by atoms with van der Waals surface area (Å²) in [4.78, 5) is 0. The monoisotopic (exact) mass is 278 g/mol. The number of hydrogen-bond acceptors (Lipinski definition) is 3. The van der Waals surface area contributed by atoms with Gasteiger partial charge in [-0.25, -0.2) is 4.39 Å². The summed E-state index contributed by atoms with van der Waals surface area (Å²) in [6.45, 7) is -1.46. The molecule has 0 saturated carbocycles. The molecule has 0 amide bonds. The predicted octanol–water partition coefficient (Wildman–Crippen LogP) is 2.08. The van der Waals surface area contributed by atoms with Crippen molar-refractivity contribution in [1.29, 1.82) is 0 Å². The first kappa shape index (κ1) is 15.3. The highest BCUT2D eigenvalue weighted by molar-refractivity contribution is 5.40. The molecule has 19 heavy (non-hydrogen) atoms. The summed E-state index contributed by atoms with van der Waals surface area (Å²) in [6.07, 6.45) is -4.72. The highest BCUT2D eigenvalue weighted by atomic mass is 19.4. The smallest absolute Gasteiger partial charge is 0.491 e. The molecule has 0 aliphatic rings. The van der Waals surface area contributed by atoms with E-state index in [9.17, 15) is 17.6 Å². The third-order valence-electron chi connectivity index (χ3n) is 1.80. The fraction of sp³-hybridized carbons (Fsp3) is 0.333. The molecule has 0 aliphatic carbocycles. The molecular formula is C12H10F4O3. The summed E-state index contributed by atoms with van der Waals surface area (Å²) in [6, 6.07) is 3.47. The first-order chi connectivity index (χ1) is 8.90. The molecule has 0 radical (unpaired) electrons. The van der Waals surface area contributed by atoms with E-state index in [0.717, 1.165) is 12.1 Å². The van der Waals surface area contributed by atoms with Gasteiger partial charge in [0.25, 0.3) is 0 Å². The van der Waals surface area contributed by atoms with Crippen molar-refractivity contribution in [2.24, 2.45) is 0 Å². The minimum atomic E-state index is -4.72. The topological polar surface area (TPSA) is 38.7 Å². The number of alkyl halides is 3. The van der Waals surface area contributed by atoms with Crippen molar-refractivity contribution in [3.63, 3.8) is 0 Å². The summed E-state index contributed by atoms with van der Waals surface area (Å²) in [5, 5.41) is 8.49. The molecule has 1 rings (SSSR count). The van der Waals surface area contributed by atoms with Gasteiger partial charge in [0.15, 0.2) is 0 Å². The largest absolute Gasteiger partial charge is 0.522 e. The van der Waals surface area contributed by atoms with Crippen molar-refractivity contribution in [2.45, 2.75) is 6.36 Å². The van der Waals surface area contributed by atoms with Crippen LogP contribution in [-0.4, -0.2) is 31.3 Å². The minimum Gasteiger partial charge on any atom is -0.491 e. The molecule has 0 atom stereocenters. The molecule has 1 aromatic carbocycles. The highest BCUT2D eigenvalue weighted by Gasteiger charge is 2.28. The molecule has 3 nitrogen and oxygen atoms in total. The summed E-state index contributed by atoms with van der Waals surface area (Å²) in [7, 11) is 0. The van der Waals surface area contributed by atoms with Crippen LogP contribution in [0.25, 0.3) is 0 Å². The zero-order valence-corrected chi connectivity index (χ0v) is 9.63. The normalized spacial score (nSPS) is 10.8. The van der Waals surface area contributed by atoms with Gasteiger partial charge < -0.3 is 9.84 Å². The third kappa shape index (κ3) is 6.64. The van der Waals surface area contributed by atoms with Crippen LogP contribution < -0.4 is 4.74 Å². The third-order valence-corrected chi connectivity index (χ3v) is 1.80. The average molecular weight is 278 g/mol. The molecule has 1 aromatic rings. The van der Waals surface area contributed by atoms with E-state index in [1.807, 2.05) is 0 Å². The Bertz CT molecular complexity index is 474. The van der Waals surface area contributed by atoms with Crippen LogP contribution >= 0.6 is 0 Å². The Morgan fingerprint density at radius 1 is 1.16 bits per heavy atom. The molecule has 7 heteroatoms. The Hall–Kier alpha value is -1.78. The first-order valence-corrected chi connectivity index (χ1v) is 5.14. The number of aliphatic hydroxyl groups excluding tert-OH is 1. The van der Waals surface area contributed by atoms with Crippen LogP contribution in [0.15, 0.2) is 18.2 Å². The standard InChI is InChI=1S/C12H10F4O3/c13-10-6-9(2-1-3-17)7-11(8-10)18-4-5-19-12(14,15)16/h6-8,17H,3-5H2. The van der Waals surface area contributed by atoms with Crippen molar-refractivity contribution in [1.82, 2.24) is 0 Å². The van der Waals surface area contributed by atoms with Gasteiger partial charge in [-0.15, -0.1) is 13.2 Å². The lowest BCUT2D eigenvalue weighted by atomic mass is 10.2. The molecule has 0 fully saturated rings. The fourth-order valence-electron chi connectivity index (χ4n) is 1.18. The Balaban J connectivity index is 2.56. The van der Waals surface area contributed by atoms with E-state index in [1.54, 1.807) is 0 Å². The molecule has 0 bridgehead atoms. The Labute approximate surface area is 106 Å². The Kier molecular flexibility index (Phi) is 5.60. The van der Waals surface area contributed by atoms with Gasteiger partial charge in [-0.05, 0) is 12.1 Å². The van der Waals surface area contributed by atoms with Crippen LogP contribution in [0.2, 0.25) is 0 Å². The van der Waals surface area contributed by atoms with E-state index in [0.29, 0.717) is 0 Å². The second-order valence-corrected chi connectivity index (χ2v) is 3.28. The van der Waals surface area contributed by atoms with Crippen LogP contribution in [0.5, 0.6) is 5.75 Å². The van der Waals surface area contributed by atoms with E-state index in [2.05, 4.69) is 16.6 Å². The number of halogens is 4. The molecule has 0 saturated heterocycles. The van der Waals surface area contributed by atoms with Gasteiger partial charge in [0.2, 0.25) is 0 Å². The van der Waals surface area contributed by atoms with Crippen LogP contribution in [0, 0.1) is 17.7 Å². The number of rotatable bonds is 4. The van der Waals surface area contributed by atoms with Crippen LogP contribution in [0.3, 0.4) is 0 Å². The molecular weight excluding hydrogens is 268 g/mol. The quantitative estimate of drug-likeness (QED) is 0.520. The second-order valence-electron chi connectivity index (χ2n) is 3.28. The van der Waals surface area contributed by atoms with Crippen LogP contribution in [-0.2, 0) is 4.74 Å². The molecule has 0 heterocycles. The first-order valence-electron chi connectivity index (χ1n) is 5.14. The minimum absolute atomic E-state index is 0.0352. The van der Waals surface area contributed by atoms with E-state index in [1.165, 1.54) is 6.07 Å². The Morgan fingerprint density at radius 2 is 1.89 bits per heavy atom. The maximum absolute atomic E-state index is 13.1. The van der Waals surface area contributed by atoms with E-state index in [-0.39, 0.29) is 24.5 Å². The zero-order valence-electron chi connectivity index (χ0n) is 9.63. The van der Waals surface area contributed by atoms with Gasteiger partial charge in [-0.2, -0.15) is 0 Å². The summed E-state index contributed by atoms with van der Waals surface area (Å²) >= 11 is 0. The molecule has 0 unspecified atom stereocenters. The zero-order chi connectivity index (χ0) is 14.3. The van der Waals surface area contributed by atoms with Crippen LogP contribution in [0.1, 0.15) is 5.56 Å².